The molecule has 0 amide bonds. The Balaban J connectivity index is 3.84. The van der Waals surface area contributed by atoms with Gasteiger partial charge in [-0.25, -0.2) is 0 Å². The van der Waals surface area contributed by atoms with Crippen LogP contribution in [-0.4, -0.2) is 6.54 Å². The fourth-order valence-corrected chi connectivity index (χ4v) is 2.48. The summed E-state index contributed by atoms with van der Waals surface area (Å²) in [4.78, 5) is 0. The fraction of sp³-hybridized carbons (Fsp3) is 0.889. The van der Waals surface area contributed by atoms with Crippen molar-refractivity contribution in [2.45, 2.75) is 97.3 Å². The fourth-order valence-electron chi connectivity index (χ4n) is 2.48. The first-order valence-corrected chi connectivity index (χ1v) is 8.73. The van der Waals surface area contributed by atoms with Crippen LogP contribution < -0.4 is 5.73 Å². The number of hydrogen-bond acceptors (Lipinski definition) is 1. The van der Waals surface area contributed by atoms with E-state index in [2.05, 4.69) is 19.9 Å². The molecule has 0 saturated carbocycles. The molecule has 0 fully saturated rings. The van der Waals surface area contributed by atoms with Crippen LogP contribution in [0, 0.1) is 0 Å². The van der Waals surface area contributed by atoms with Gasteiger partial charge >= 0.3 is 0 Å². The second-order valence-electron chi connectivity index (χ2n) is 5.77. The molecule has 0 atom stereocenters. The van der Waals surface area contributed by atoms with Crippen molar-refractivity contribution >= 4 is 0 Å². The first kappa shape index (κ1) is 18.7. The Morgan fingerprint density at radius 1 is 0.737 bits per heavy atom. The number of hydrogen-bond donors (Lipinski definition) is 1. The van der Waals surface area contributed by atoms with Gasteiger partial charge in [0.2, 0.25) is 0 Å². The SMILES string of the molecule is CCCCCCC(=CCCCCN)CCCCCC. The standard InChI is InChI=1S/C18H37N/c1-3-5-7-10-14-18(15-11-8-6-4-2)16-12-9-13-17-19/h16H,3-15,17,19H2,1-2H3. The topological polar surface area (TPSA) is 26.0 Å². The monoisotopic (exact) mass is 267 g/mol. The van der Waals surface area contributed by atoms with Crippen LogP contribution in [0.25, 0.3) is 0 Å². The van der Waals surface area contributed by atoms with Gasteiger partial charge in [0.15, 0.2) is 0 Å². The largest absolute Gasteiger partial charge is 0.330 e. The summed E-state index contributed by atoms with van der Waals surface area (Å²) in [6.07, 6.45) is 20.0. The maximum Gasteiger partial charge on any atom is -0.00772 e. The predicted octanol–water partition coefficient (Wildman–Crippen LogP) is 5.98. The molecule has 0 radical (unpaired) electrons. The van der Waals surface area contributed by atoms with Crippen molar-refractivity contribution in [3.8, 4) is 0 Å². The highest BCUT2D eigenvalue weighted by molar-refractivity contribution is 5.01. The summed E-state index contributed by atoms with van der Waals surface area (Å²) >= 11 is 0. The summed E-state index contributed by atoms with van der Waals surface area (Å²) in [7, 11) is 0. The first-order chi connectivity index (χ1) is 9.35. The summed E-state index contributed by atoms with van der Waals surface area (Å²) < 4.78 is 0. The van der Waals surface area contributed by atoms with Gasteiger partial charge in [-0.05, 0) is 51.5 Å². The molecule has 0 aliphatic heterocycles. The Kier molecular flexibility index (Phi) is 15.5. The minimum absolute atomic E-state index is 0.843. The summed E-state index contributed by atoms with van der Waals surface area (Å²) in [5, 5.41) is 0. The van der Waals surface area contributed by atoms with Crippen molar-refractivity contribution in [2.24, 2.45) is 5.73 Å². The van der Waals surface area contributed by atoms with Gasteiger partial charge in [0.05, 0.1) is 0 Å². The van der Waals surface area contributed by atoms with E-state index in [4.69, 9.17) is 5.73 Å². The third-order valence-corrected chi connectivity index (χ3v) is 3.79. The highest BCUT2D eigenvalue weighted by atomic mass is 14.5. The Morgan fingerprint density at radius 2 is 1.32 bits per heavy atom. The second-order valence-corrected chi connectivity index (χ2v) is 5.77. The Bertz CT molecular complexity index is 182. The summed E-state index contributed by atoms with van der Waals surface area (Å²) in [6, 6.07) is 0. The molecule has 1 nitrogen and oxygen atoms in total. The lowest BCUT2D eigenvalue weighted by atomic mass is 9.99. The number of nitrogens with two attached hydrogens (primary N) is 1. The van der Waals surface area contributed by atoms with Crippen LogP contribution in [0.15, 0.2) is 11.6 Å². The van der Waals surface area contributed by atoms with Crippen LogP contribution >= 0.6 is 0 Å². The molecule has 0 aromatic rings. The molecule has 0 saturated heterocycles. The maximum absolute atomic E-state index is 5.55. The van der Waals surface area contributed by atoms with Gasteiger partial charge in [0, 0.05) is 0 Å². The van der Waals surface area contributed by atoms with Crippen molar-refractivity contribution in [3.63, 3.8) is 0 Å². The molecule has 0 spiro atoms. The minimum atomic E-state index is 0.843. The average Bonchev–Trinajstić information content (AvgIpc) is 2.43. The second kappa shape index (κ2) is 15.8. The molecule has 0 bridgehead atoms. The highest BCUT2D eigenvalue weighted by Crippen LogP contribution is 2.18. The molecule has 0 rings (SSSR count). The maximum atomic E-state index is 5.55. The van der Waals surface area contributed by atoms with Gasteiger partial charge in [-0.2, -0.15) is 0 Å². The molecule has 1 heteroatoms. The molecule has 114 valence electrons. The zero-order valence-corrected chi connectivity index (χ0v) is 13.6. The summed E-state index contributed by atoms with van der Waals surface area (Å²) in [5.74, 6) is 0. The zero-order valence-electron chi connectivity index (χ0n) is 13.6. The average molecular weight is 268 g/mol. The number of rotatable bonds is 14. The summed E-state index contributed by atoms with van der Waals surface area (Å²) in [5.41, 5.74) is 7.28. The van der Waals surface area contributed by atoms with Gasteiger partial charge in [-0.1, -0.05) is 64.0 Å². The van der Waals surface area contributed by atoms with Crippen molar-refractivity contribution in [2.75, 3.05) is 6.54 Å². The highest BCUT2D eigenvalue weighted by Gasteiger charge is 1.99. The smallest absolute Gasteiger partial charge is 0.00772 e. The molecule has 0 aromatic heterocycles. The van der Waals surface area contributed by atoms with E-state index in [0.29, 0.717) is 0 Å². The molecular formula is C18H37N. The van der Waals surface area contributed by atoms with Gasteiger partial charge in [-0.3, -0.25) is 0 Å². The van der Waals surface area contributed by atoms with Crippen LogP contribution in [-0.2, 0) is 0 Å². The van der Waals surface area contributed by atoms with E-state index in [0.717, 1.165) is 6.54 Å². The van der Waals surface area contributed by atoms with Crippen LogP contribution in [0.5, 0.6) is 0 Å². The van der Waals surface area contributed by atoms with E-state index in [1.54, 1.807) is 5.57 Å². The lowest BCUT2D eigenvalue weighted by Crippen LogP contribution is -1.97. The van der Waals surface area contributed by atoms with Gasteiger partial charge in [-0.15, -0.1) is 0 Å². The number of allylic oxidation sites excluding steroid dienone is 2. The molecule has 0 aromatic carbocycles. The van der Waals surface area contributed by atoms with E-state index in [9.17, 15) is 0 Å². The van der Waals surface area contributed by atoms with E-state index in [1.807, 2.05) is 0 Å². The molecule has 0 heterocycles. The van der Waals surface area contributed by atoms with Crippen molar-refractivity contribution < 1.29 is 0 Å². The number of unbranched alkanes of at least 4 members (excludes halogenated alkanes) is 8. The predicted molar refractivity (Wildman–Crippen MR) is 88.5 cm³/mol. The Labute approximate surface area is 122 Å². The van der Waals surface area contributed by atoms with Crippen molar-refractivity contribution in [1.29, 1.82) is 0 Å². The third kappa shape index (κ3) is 13.9. The third-order valence-electron chi connectivity index (χ3n) is 3.79. The van der Waals surface area contributed by atoms with Crippen LogP contribution in [0.1, 0.15) is 97.3 Å². The molecule has 0 aliphatic carbocycles. The van der Waals surface area contributed by atoms with Crippen molar-refractivity contribution in [3.05, 3.63) is 11.6 Å². The Morgan fingerprint density at radius 3 is 1.79 bits per heavy atom. The lowest BCUT2D eigenvalue weighted by molar-refractivity contribution is 0.621. The van der Waals surface area contributed by atoms with E-state index < -0.39 is 0 Å². The van der Waals surface area contributed by atoms with Gasteiger partial charge in [0.1, 0.15) is 0 Å². The molecule has 2 N–H and O–H groups in total. The summed E-state index contributed by atoms with van der Waals surface area (Å²) in [6.45, 7) is 5.42. The molecule has 0 unspecified atom stereocenters. The van der Waals surface area contributed by atoms with Crippen molar-refractivity contribution in [1.82, 2.24) is 0 Å². The van der Waals surface area contributed by atoms with Gasteiger partial charge < -0.3 is 5.73 Å². The quantitative estimate of drug-likeness (QED) is 0.304. The first-order valence-electron chi connectivity index (χ1n) is 8.73. The molecule has 19 heavy (non-hydrogen) atoms. The lowest BCUT2D eigenvalue weighted by Gasteiger charge is -2.08. The van der Waals surface area contributed by atoms with Crippen LogP contribution in [0.3, 0.4) is 0 Å². The van der Waals surface area contributed by atoms with Crippen LogP contribution in [0.4, 0.5) is 0 Å². The molecule has 0 aliphatic rings. The van der Waals surface area contributed by atoms with Crippen LogP contribution in [0.2, 0.25) is 0 Å². The molecular weight excluding hydrogens is 230 g/mol. The van der Waals surface area contributed by atoms with E-state index in [1.165, 1.54) is 83.5 Å². The van der Waals surface area contributed by atoms with E-state index >= 15 is 0 Å². The Hall–Kier alpha value is -0.300. The van der Waals surface area contributed by atoms with Gasteiger partial charge in [0.25, 0.3) is 0 Å². The minimum Gasteiger partial charge on any atom is -0.330 e. The zero-order chi connectivity index (χ0) is 14.2. The normalized spacial score (nSPS) is 10.7. The van der Waals surface area contributed by atoms with E-state index in [-0.39, 0.29) is 0 Å².